The summed E-state index contributed by atoms with van der Waals surface area (Å²) in [5.41, 5.74) is -7.21. The fraction of sp³-hybridized carbons (Fsp3) is 0.935. The lowest BCUT2D eigenvalue weighted by Crippen LogP contribution is -2.70. The Labute approximate surface area is 798 Å². The van der Waals surface area contributed by atoms with Crippen LogP contribution in [0.25, 0.3) is 0 Å². The Morgan fingerprint density at radius 3 is 1.68 bits per heavy atom. The quantitative estimate of drug-likeness (QED) is 0.0122. The van der Waals surface area contributed by atoms with E-state index in [1.165, 1.54) is 21.0 Å². The number of rotatable bonds is 35. The Morgan fingerprint density at radius 1 is 0.500 bits per heavy atom. The Balaban J connectivity index is 0.748. The van der Waals surface area contributed by atoms with Gasteiger partial charge in [0.1, 0.15) is 145 Å². The average molecular weight is 1990 g/mol. The van der Waals surface area contributed by atoms with E-state index in [0.29, 0.717) is 51.4 Å². The van der Waals surface area contributed by atoms with Crippen molar-refractivity contribution in [1.29, 1.82) is 0 Å². The number of carboxylic acids is 1. The number of carbonyl (C=O) groups is 4. The molecule has 4 saturated carbocycles. The number of aliphatic hydroxyl groups is 22. The number of fused-ring (bicyclic) bond motifs is 7. The maximum absolute atomic E-state index is 16.4. The van der Waals surface area contributed by atoms with E-state index in [4.69, 9.17) is 90.0 Å². The highest BCUT2D eigenvalue weighted by Crippen LogP contribution is 2.76. The van der Waals surface area contributed by atoms with Gasteiger partial charge in [-0.3, -0.25) is 14.4 Å². The normalized spacial score (nSPS) is 48.8. The number of aliphatic hydroxyl groups excluding tert-OH is 21. The van der Waals surface area contributed by atoms with Gasteiger partial charge in [-0.25, -0.2) is 4.79 Å². The van der Waals surface area contributed by atoms with Gasteiger partial charge in [0.2, 0.25) is 6.29 Å². The number of carboxylic acid groups (broad SMARTS) is 1. The molecule has 0 aromatic heterocycles. The number of methoxy groups -OCH3 is 1. The topological polar surface area (TPSA) is 709 Å². The number of esters is 3. The first-order chi connectivity index (χ1) is 64.8. The molecular weight excluding hydrogens is 1840 g/mol. The van der Waals surface area contributed by atoms with Crippen LogP contribution in [0.1, 0.15) is 179 Å². The average Bonchev–Trinajstić information content (AvgIpc) is 0.726. The standard InChI is InChI=1S/C92H150O46/c1-14-36(3)46(126-54(101)26-41(97)25-47(37(4)15-2)127-80-62(109)58(105)49(31-94)128-80)24-40(96)27-55(102)131-69-39(6)125-82(73(65(69)112)136-79-64(111)60(107)68(38(5)124-79)132-78-67(114)70(45(99)33-122-78)133-84-75(115)91(119,34-95)35-123-84)138-85(118)92-23-22-86(7,8)28-43(92)42-16-17-50-87(9)20-19-53(90(12,120-13)51(87)18-21-88(50,10)89(42,11)29-52(92)100)130-83-74(137-81-63(110)59(106)57(104)48(30-93)129-81)71(66(113)72(135-83)76(116)117)134-77-61(108)56(103)44(98)32-121-77/h16,36-41,43-53,56-75,77-84,93-100,103-115,119H,14-15,17-35H2,1-13H3,(H,116,117)/t36?,37?,38?,39?,40?,41?,43?,44?,45?,46?,47?,48?,49?,50?,51?,52-,53?,56?,57?,58?,59?,60?,61?,62?,63?,64?,65?,66?,67?,68?,69?,70?,71?,72?,73?,74?,75?,77?,78?,79?,80?,81?,82?,83?,84?,87?,88?,89-,90+,91?,92-/m1/s1. The Morgan fingerprint density at radius 2 is 1.05 bits per heavy atom. The van der Waals surface area contributed by atoms with Crippen molar-refractivity contribution < 1.29 is 227 Å². The van der Waals surface area contributed by atoms with Crippen molar-refractivity contribution in [3.05, 3.63) is 11.6 Å². The lowest BCUT2D eigenvalue weighted by atomic mass is 9.34. The van der Waals surface area contributed by atoms with E-state index in [9.17, 15) is 132 Å². The molecule has 0 aromatic rings. The summed E-state index contributed by atoms with van der Waals surface area (Å²) >= 11 is 0. The number of aliphatic carboxylic acids is 1. The number of ether oxygens (including phenoxy) is 19. The zero-order valence-corrected chi connectivity index (χ0v) is 80.1. The highest BCUT2D eigenvalue weighted by molar-refractivity contribution is 5.80. The van der Waals surface area contributed by atoms with Crippen LogP contribution >= 0.6 is 0 Å². The van der Waals surface area contributed by atoms with E-state index in [2.05, 4.69) is 26.8 Å². The highest BCUT2D eigenvalue weighted by Gasteiger charge is 2.74. The number of allylic oxidation sites excluding steroid dienone is 2. The number of carbonyl (C=O) groups excluding carboxylic acids is 3. The predicted molar refractivity (Wildman–Crippen MR) is 459 cm³/mol. The van der Waals surface area contributed by atoms with Gasteiger partial charge in [-0.1, -0.05) is 86.8 Å². The summed E-state index contributed by atoms with van der Waals surface area (Å²) in [4.78, 5) is 57.7. The molecule has 0 amide bonds. The lowest BCUT2D eigenvalue weighted by Gasteiger charge is -2.71. The molecule has 8 heterocycles. The van der Waals surface area contributed by atoms with Crippen molar-refractivity contribution in [2.45, 2.75) is 436 Å². The summed E-state index contributed by atoms with van der Waals surface area (Å²) in [7, 11) is 1.48. The fourth-order valence-corrected chi connectivity index (χ4v) is 24.1. The molecular formula is C92H150O46. The summed E-state index contributed by atoms with van der Waals surface area (Å²) in [6.45, 7) is 18.0. The van der Waals surface area contributed by atoms with Gasteiger partial charge in [0.05, 0.1) is 101 Å². The summed E-state index contributed by atoms with van der Waals surface area (Å²) in [6.07, 6.45) is -65.7. The maximum Gasteiger partial charge on any atom is 0.335 e. The van der Waals surface area contributed by atoms with Gasteiger partial charge in [0.15, 0.2) is 62.3 Å². The molecule has 0 radical (unpaired) electrons. The first kappa shape index (κ1) is 111. The molecule has 794 valence electrons. The molecule has 46 nitrogen and oxygen atoms in total. The van der Waals surface area contributed by atoms with Gasteiger partial charge >= 0.3 is 23.9 Å². The van der Waals surface area contributed by atoms with E-state index in [-0.39, 0.29) is 43.9 Å². The lowest BCUT2D eigenvalue weighted by molar-refractivity contribution is -0.394. The second-order valence-electron chi connectivity index (χ2n) is 42.5. The van der Waals surface area contributed by atoms with Crippen molar-refractivity contribution in [3.8, 4) is 0 Å². The Kier molecular flexibility index (Phi) is 35.7. The maximum atomic E-state index is 16.4. The molecule has 46 heteroatoms. The van der Waals surface area contributed by atoms with Crippen LogP contribution in [0, 0.1) is 56.7 Å². The van der Waals surface area contributed by atoms with E-state index in [0.717, 1.165) is 5.57 Å². The molecule has 47 unspecified atom stereocenters. The molecule has 0 spiro atoms. The number of hydrogen-bond donors (Lipinski definition) is 23. The molecule has 0 aromatic carbocycles. The third-order valence-electron chi connectivity index (χ3n) is 33.4. The molecule has 8 aliphatic heterocycles. The van der Waals surface area contributed by atoms with Gasteiger partial charge < -0.3 is 207 Å². The monoisotopic (exact) mass is 1990 g/mol. The van der Waals surface area contributed by atoms with Crippen molar-refractivity contribution in [2.75, 3.05) is 46.8 Å². The van der Waals surface area contributed by atoms with Crippen LogP contribution in [0.15, 0.2) is 11.6 Å². The van der Waals surface area contributed by atoms with Crippen LogP contribution in [0.2, 0.25) is 0 Å². The van der Waals surface area contributed by atoms with Crippen molar-refractivity contribution >= 4 is 23.9 Å². The molecule has 13 aliphatic rings. The largest absolute Gasteiger partial charge is 0.479 e. The zero-order chi connectivity index (χ0) is 101. The molecule has 5 aliphatic carbocycles. The van der Waals surface area contributed by atoms with Crippen molar-refractivity contribution in [2.24, 2.45) is 56.7 Å². The van der Waals surface area contributed by atoms with Crippen LogP contribution in [0.3, 0.4) is 0 Å². The molecule has 13 rings (SSSR count). The Hall–Kier alpha value is -3.90. The van der Waals surface area contributed by atoms with Gasteiger partial charge in [-0.05, 0) is 130 Å². The van der Waals surface area contributed by atoms with E-state index >= 15 is 4.79 Å². The van der Waals surface area contributed by atoms with Crippen LogP contribution < -0.4 is 0 Å². The summed E-state index contributed by atoms with van der Waals surface area (Å²) in [5, 5.41) is 256. The minimum Gasteiger partial charge on any atom is -0.479 e. The van der Waals surface area contributed by atoms with Crippen LogP contribution in [0.4, 0.5) is 0 Å². The molecule has 8 saturated heterocycles. The van der Waals surface area contributed by atoms with Gasteiger partial charge in [0.25, 0.3) is 0 Å². The minimum atomic E-state index is -2.23. The molecule has 12 fully saturated rings. The molecule has 0 bridgehead atoms. The smallest absolute Gasteiger partial charge is 0.335 e. The van der Waals surface area contributed by atoms with Crippen molar-refractivity contribution in [3.63, 3.8) is 0 Å². The minimum absolute atomic E-state index is 0.0212. The van der Waals surface area contributed by atoms with Crippen molar-refractivity contribution in [1.82, 2.24) is 0 Å². The second-order valence-corrected chi connectivity index (χ2v) is 42.5. The zero-order valence-electron chi connectivity index (χ0n) is 80.1. The molecule has 51 atom stereocenters. The SMILES string of the molecule is CCC(C)C(CC(O)CC(=O)OC1C(C)OC(OC(=O)[C@]23CCC(C)(C)CC2C2=CCC4C5(C)CCC(OC6OC(C(=O)O)C(O)C(OC7OCC(O)C(O)C7O)C6OC6OC(CO)C(O)C(O)C6O)[C@@](C)(OC)C5CCC4(C)[C@]2(C)C[C@H]3O)C(OC2OC(C)C(OC3OCC(O)C(OC4OCC(O)(CO)C4O)C3O)C(O)C2O)C1O)OC(=O)CC(O)CC(OC1OC(CO)C(O)C1O)C(C)CC. The van der Waals surface area contributed by atoms with Gasteiger partial charge in [0, 0.05) is 20.0 Å². The molecule has 138 heavy (non-hydrogen) atoms. The molecule has 23 N–H and O–H groups in total. The van der Waals surface area contributed by atoms with E-state index in [1.54, 1.807) is 13.8 Å². The number of hydrogen-bond acceptors (Lipinski definition) is 45. The second kappa shape index (κ2) is 44.3. The Bertz CT molecular complexity index is 4060. The van der Waals surface area contributed by atoms with Crippen LogP contribution in [0.5, 0.6) is 0 Å². The third-order valence-corrected chi connectivity index (χ3v) is 33.4. The van der Waals surface area contributed by atoms with E-state index < -0.39 is 378 Å². The third kappa shape index (κ3) is 21.5. The first-order valence-corrected chi connectivity index (χ1v) is 48.4. The van der Waals surface area contributed by atoms with Crippen LogP contribution in [-0.4, -0.2) is 445 Å². The highest BCUT2D eigenvalue weighted by atomic mass is 16.8. The summed E-state index contributed by atoms with van der Waals surface area (Å²) < 4.78 is 115. The van der Waals surface area contributed by atoms with Crippen LogP contribution in [-0.2, 0) is 109 Å². The predicted octanol–water partition coefficient (Wildman–Crippen LogP) is -5.49. The first-order valence-electron chi connectivity index (χ1n) is 48.4. The fourth-order valence-electron chi connectivity index (χ4n) is 24.1. The summed E-state index contributed by atoms with van der Waals surface area (Å²) in [6, 6.07) is 0. The van der Waals surface area contributed by atoms with Gasteiger partial charge in [-0.2, -0.15) is 0 Å². The van der Waals surface area contributed by atoms with Gasteiger partial charge in [-0.15, -0.1) is 0 Å². The van der Waals surface area contributed by atoms with E-state index in [1.807, 2.05) is 34.6 Å². The summed E-state index contributed by atoms with van der Waals surface area (Å²) in [5.74, 6) is -6.91.